The Morgan fingerprint density at radius 2 is 0.909 bits per heavy atom. The lowest BCUT2D eigenvalue weighted by Gasteiger charge is -2.27. The van der Waals surface area contributed by atoms with Crippen LogP contribution in [0.25, 0.3) is 84.5 Å². The summed E-state index contributed by atoms with van der Waals surface area (Å²) in [6.45, 7) is 0. The highest BCUT2D eigenvalue weighted by molar-refractivity contribution is 7.26. The van der Waals surface area contributed by atoms with Gasteiger partial charge in [-0.2, -0.15) is 0 Å². The van der Waals surface area contributed by atoms with E-state index in [0.29, 0.717) is 0 Å². The van der Waals surface area contributed by atoms with E-state index in [1.54, 1.807) is 0 Å². The average Bonchev–Trinajstić information content (AvgIpc) is 3.83. The molecule has 2 aromatic heterocycles. The van der Waals surface area contributed by atoms with E-state index in [1.807, 2.05) is 22.7 Å². The Kier molecular flexibility index (Phi) is 7.61. The van der Waals surface area contributed by atoms with Gasteiger partial charge in [0.2, 0.25) is 0 Å². The van der Waals surface area contributed by atoms with E-state index in [4.69, 9.17) is 0 Å². The minimum absolute atomic E-state index is 1.12. The summed E-state index contributed by atoms with van der Waals surface area (Å²) in [7, 11) is 0. The van der Waals surface area contributed by atoms with Crippen molar-refractivity contribution >= 4 is 90.9 Å². The van der Waals surface area contributed by atoms with Crippen LogP contribution in [0, 0.1) is 0 Å². The number of benzene rings is 9. The molecular weight excluding hydrogens is 703 g/mol. The average molecular weight is 736 g/mol. The number of hydrogen-bond donors (Lipinski definition) is 0. The van der Waals surface area contributed by atoms with Gasteiger partial charge in [-0.25, -0.2) is 0 Å². The summed E-state index contributed by atoms with van der Waals surface area (Å²) >= 11 is 3.75. The molecule has 0 aliphatic rings. The van der Waals surface area contributed by atoms with Gasteiger partial charge >= 0.3 is 0 Å². The van der Waals surface area contributed by atoms with Gasteiger partial charge in [0.1, 0.15) is 0 Å². The molecule has 0 amide bonds. The van der Waals surface area contributed by atoms with Crippen molar-refractivity contribution in [2.24, 2.45) is 0 Å². The van der Waals surface area contributed by atoms with Gasteiger partial charge in [0, 0.05) is 47.0 Å². The third-order valence-electron chi connectivity index (χ3n) is 10.9. The van der Waals surface area contributed by atoms with E-state index < -0.39 is 0 Å². The zero-order valence-electron chi connectivity index (χ0n) is 29.8. The molecule has 0 saturated carbocycles. The standard InChI is InChI=1S/C52H33NS2/c1-2-11-36(12-3-1)43-31-32-47(52-51(43)46-17-7-9-20-49(46)55-52)53(40-28-23-37(24-29-40)42-18-10-14-35-13-4-5-15-41(35)42)39-26-21-34(22-27-39)38-25-30-45-44-16-6-8-19-48(44)54-50(45)33-38/h1-33H. The smallest absolute Gasteiger partial charge is 0.0640 e. The third kappa shape index (κ3) is 5.43. The van der Waals surface area contributed by atoms with E-state index in [9.17, 15) is 0 Å². The van der Waals surface area contributed by atoms with Crippen molar-refractivity contribution < 1.29 is 0 Å². The molecule has 11 rings (SSSR count). The molecule has 0 atom stereocenters. The van der Waals surface area contributed by atoms with E-state index in [-0.39, 0.29) is 0 Å². The van der Waals surface area contributed by atoms with Crippen LogP contribution in [0.3, 0.4) is 0 Å². The first-order valence-corrected chi connectivity index (χ1v) is 20.3. The fraction of sp³-hybridized carbons (Fsp3) is 0. The minimum atomic E-state index is 1.12. The van der Waals surface area contributed by atoms with E-state index in [1.165, 1.54) is 90.2 Å². The highest BCUT2D eigenvalue weighted by atomic mass is 32.1. The normalized spacial score (nSPS) is 11.6. The zero-order valence-corrected chi connectivity index (χ0v) is 31.4. The molecule has 1 nitrogen and oxygen atoms in total. The van der Waals surface area contributed by atoms with Crippen LogP contribution < -0.4 is 4.90 Å². The number of rotatable bonds is 6. The van der Waals surface area contributed by atoms with Crippen molar-refractivity contribution in [3.05, 3.63) is 200 Å². The predicted molar refractivity (Wildman–Crippen MR) is 241 cm³/mol. The molecule has 0 aliphatic carbocycles. The number of anilines is 3. The topological polar surface area (TPSA) is 3.24 Å². The van der Waals surface area contributed by atoms with Crippen LogP contribution >= 0.6 is 22.7 Å². The fourth-order valence-corrected chi connectivity index (χ4v) is 10.6. The second kappa shape index (κ2) is 13.1. The van der Waals surface area contributed by atoms with Crippen molar-refractivity contribution in [3.8, 4) is 33.4 Å². The first kappa shape index (κ1) is 32.0. The molecule has 0 spiro atoms. The Labute approximate surface area is 327 Å². The zero-order chi connectivity index (χ0) is 36.3. The Morgan fingerprint density at radius 1 is 0.327 bits per heavy atom. The van der Waals surface area contributed by atoms with Crippen molar-refractivity contribution in [2.45, 2.75) is 0 Å². The van der Waals surface area contributed by atoms with E-state index in [0.717, 1.165) is 11.4 Å². The summed E-state index contributed by atoms with van der Waals surface area (Å²) in [5, 5.41) is 7.77. The van der Waals surface area contributed by atoms with Crippen molar-refractivity contribution in [1.82, 2.24) is 0 Å². The molecule has 0 saturated heterocycles. The Balaban J connectivity index is 1.08. The molecule has 258 valence electrons. The molecule has 0 aliphatic heterocycles. The van der Waals surface area contributed by atoms with Gasteiger partial charge < -0.3 is 4.90 Å². The van der Waals surface area contributed by atoms with Crippen molar-refractivity contribution in [2.75, 3.05) is 4.90 Å². The molecule has 0 fully saturated rings. The molecule has 0 unspecified atom stereocenters. The maximum absolute atomic E-state index is 2.44. The Hall–Kier alpha value is -6.52. The Morgan fingerprint density at radius 3 is 1.69 bits per heavy atom. The van der Waals surface area contributed by atoms with Gasteiger partial charge in [-0.1, -0.05) is 152 Å². The molecule has 9 aromatic carbocycles. The minimum Gasteiger partial charge on any atom is -0.309 e. The summed E-state index contributed by atoms with van der Waals surface area (Å²) in [6.07, 6.45) is 0. The number of hydrogen-bond acceptors (Lipinski definition) is 3. The second-order valence-electron chi connectivity index (χ2n) is 14.1. The molecule has 0 radical (unpaired) electrons. The van der Waals surface area contributed by atoms with Gasteiger partial charge in [-0.15, -0.1) is 22.7 Å². The second-order valence-corrected chi connectivity index (χ2v) is 16.2. The quantitative estimate of drug-likeness (QED) is 0.164. The lowest BCUT2D eigenvalue weighted by molar-refractivity contribution is 1.30. The van der Waals surface area contributed by atoms with Gasteiger partial charge in [0.15, 0.2) is 0 Å². The summed E-state index contributed by atoms with van der Waals surface area (Å²) in [4.78, 5) is 2.44. The molecule has 3 heteroatoms. The first-order chi connectivity index (χ1) is 27.3. The van der Waals surface area contributed by atoms with Crippen molar-refractivity contribution in [1.29, 1.82) is 0 Å². The van der Waals surface area contributed by atoms with E-state index >= 15 is 0 Å². The molecule has 55 heavy (non-hydrogen) atoms. The van der Waals surface area contributed by atoms with Crippen LogP contribution in [0.1, 0.15) is 0 Å². The number of nitrogens with zero attached hydrogens (tertiary/aromatic N) is 1. The van der Waals surface area contributed by atoms with Gasteiger partial charge in [0.25, 0.3) is 0 Å². The van der Waals surface area contributed by atoms with E-state index in [2.05, 4.69) is 205 Å². The van der Waals surface area contributed by atoms with Crippen LogP contribution in [-0.2, 0) is 0 Å². The first-order valence-electron chi connectivity index (χ1n) is 18.7. The lowest BCUT2D eigenvalue weighted by Crippen LogP contribution is -2.10. The third-order valence-corrected chi connectivity index (χ3v) is 13.2. The maximum Gasteiger partial charge on any atom is 0.0640 e. The predicted octanol–water partition coefficient (Wildman–Crippen LogP) is 16.0. The highest BCUT2D eigenvalue weighted by Gasteiger charge is 2.21. The SMILES string of the molecule is c1ccc(-c2ccc(N(c3ccc(-c4ccc5c(c4)sc4ccccc45)cc3)c3ccc(-c4cccc5ccccc45)cc3)c3sc4ccccc4c23)cc1. The van der Waals surface area contributed by atoms with Gasteiger partial charge in [-0.3, -0.25) is 0 Å². The number of fused-ring (bicyclic) bond motifs is 7. The molecule has 11 aromatic rings. The van der Waals surface area contributed by atoms with Gasteiger partial charge in [0.05, 0.1) is 10.4 Å². The summed E-state index contributed by atoms with van der Waals surface area (Å²) in [5.74, 6) is 0. The van der Waals surface area contributed by atoms with Crippen LogP contribution in [0.15, 0.2) is 200 Å². The Bertz CT molecular complexity index is 3180. The maximum atomic E-state index is 2.44. The van der Waals surface area contributed by atoms with Gasteiger partial charge in [-0.05, 0) is 92.7 Å². The molecule has 0 bridgehead atoms. The van der Waals surface area contributed by atoms with Crippen molar-refractivity contribution in [3.63, 3.8) is 0 Å². The molecule has 2 heterocycles. The lowest BCUT2D eigenvalue weighted by atomic mass is 9.97. The van der Waals surface area contributed by atoms with Crippen LogP contribution in [0.4, 0.5) is 17.1 Å². The largest absolute Gasteiger partial charge is 0.309 e. The summed E-state index contributed by atoms with van der Waals surface area (Å²) < 4.78 is 5.22. The monoisotopic (exact) mass is 735 g/mol. The fourth-order valence-electron chi connectivity index (χ4n) is 8.25. The summed E-state index contributed by atoms with van der Waals surface area (Å²) in [6, 6.07) is 73.4. The van der Waals surface area contributed by atoms with Crippen LogP contribution in [-0.4, -0.2) is 0 Å². The molecular formula is C52H33NS2. The van der Waals surface area contributed by atoms with Crippen LogP contribution in [0.5, 0.6) is 0 Å². The summed E-state index contributed by atoms with van der Waals surface area (Å²) in [5.41, 5.74) is 10.8. The number of thiophene rings is 2. The molecule has 0 N–H and O–H groups in total. The van der Waals surface area contributed by atoms with Crippen LogP contribution in [0.2, 0.25) is 0 Å². The highest BCUT2D eigenvalue weighted by Crippen LogP contribution is 2.49.